The molecule has 1 rings (SSSR count). The molecule has 2 heteroatoms. The molecule has 19 heavy (non-hydrogen) atoms. The van der Waals surface area contributed by atoms with E-state index in [0.29, 0.717) is 6.42 Å². The normalized spacial score (nSPS) is 17.9. The standard InChI is InChI=1S/C17H28O2/c1-5-6-7-8-12-15(18)17(19-4)16-13(2)10-9-11-14(16)3/h10-11,16-17H,5-9,12H2,1-4H3. The molecule has 0 saturated carbocycles. The smallest absolute Gasteiger partial charge is 0.162 e. The molecule has 1 aliphatic rings. The minimum atomic E-state index is -0.297. The summed E-state index contributed by atoms with van der Waals surface area (Å²) in [5, 5.41) is 0. The summed E-state index contributed by atoms with van der Waals surface area (Å²) < 4.78 is 5.52. The van der Waals surface area contributed by atoms with E-state index in [1.807, 2.05) is 0 Å². The summed E-state index contributed by atoms with van der Waals surface area (Å²) in [6, 6.07) is 0. The van der Waals surface area contributed by atoms with Gasteiger partial charge in [0.05, 0.1) is 0 Å². The summed E-state index contributed by atoms with van der Waals surface area (Å²) in [7, 11) is 1.66. The highest BCUT2D eigenvalue weighted by atomic mass is 16.5. The fraction of sp³-hybridized carbons (Fsp3) is 0.706. The van der Waals surface area contributed by atoms with Crippen LogP contribution in [0.5, 0.6) is 0 Å². The second-order valence-electron chi connectivity index (χ2n) is 5.54. The number of Topliss-reactive ketones (excluding diaryl/α,β-unsaturated/α-hetero) is 1. The van der Waals surface area contributed by atoms with Gasteiger partial charge >= 0.3 is 0 Å². The van der Waals surface area contributed by atoms with Crippen LogP contribution in [0, 0.1) is 5.92 Å². The van der Waals surface area contributed by atoms with E-state index in [2.05, 4.69) is 32.9 Å². The number of unbranched alkanes of at least 4 members (excludes halogenated alkanes) is 3. The van der Waals surface area contributed by atoms with Crippen molar-refractivity contribution in [2.75, 3.05) is 7.11 Å². The zero-order valence-corrected chi connectivity index (χ0v) is 12.9. The monoisotopic (exact) mass is 264 g/mol. The molecule has 1 atom stereocenters. The molecule has 1 aliphatic carbocycles. The van der Waals surface area contributed by atoms with Crippen molar-refractivity contribution >= 4 is 5.78 Å². The van der Waals surface area contributed by atoms with E-state index in [1.165, 1.54) is 24.0 Å². The maximum atomic E-state index is 12.3. The van der Waals surface area contributed by atoms with Gasteiger partial charge in [0.25, 0.3) is 0 Å². The van der Waals surface area contributed by atoms with Gasteiger partial charge in [-0.25, -0.2) is 0 Å². The number of ketones is 1. The van der Waals surface area contributed by atoms with Crippen molar-refractivity contribution in [3.63, 3.8) is 0 Å². The summed E-state index contributed by atoms with van der Waals surface area (Å²) in [5.41, 5.74) is 2.54. The predicted octanol–water partition coefficient (Wildman–Crippen LogP) is 4.45. The van der Waals surface area contributed by atoms with Crippen LogP contribution in [0.15, 0.2) is 23.3 Å². The third-order valence-corrected chi connectivity index (χ3v) is 4.01. The maximum absolute atomic E-state index is 12.3. The molecule has 0 aromatic rings. The molecule has 0 radical (unpaired) electrons. The summed E-state index contributed by atoms with van der Waals surface area (Å²) in [6.45, 7) is 6.40. The molecule has 0 amide bonds. The molecule has 0 bridgehead atoms. The molecule has 0 fully saturated rings. The fourth-order valence-electron chi connectivity index (χ4n) is 2.84. The van der Waals surface area contributed by atoms with E-state index in [9.17, 15) is 4.79 Å². The third-order valence-electron chi connectivity index (χ3n) is 4.01. The van der Waals surface area contributed by atoms with Crippen LogP contribution in [-0.4, -0.2) is 19.0 Å². The molecule has 0 aromatic heterocycles. The van der Waals surface area contributed by atoms with Gasteiger partial charge in [-0.2, -0.15) is 0 Å². The van der Waals surface area contributed by atoms with Gasteiger partial charge in [0.1, 0.15) is 6.10 Å². The summed E-state index contributed by atoms with van der Waals surface area (Å²) in [5.74, 6) is 0.406. The van der Waals surface area contributed by atoms with Crippen molar-refractivity contribution in [3.05, 3.63) is 23.3 Å². The van der Waals surface area contributed by atoms with Crippen molar-refractivity contribution in [1.82, 2.24) is 0 Å². The lowest BCUT2D eigenvalue weighted by atomic mass is 9.81. The Morgan fingerprint density at radius 3 is 2.42 bits per heavy atom. The van der Waals surface area contributed by atoms with Gasteiger partial charge in [0.2, 0.25) is 0 Å². The number of carbonyl (C=O) groups is 1. The fourth-order valence-corrected chi connectivity index (χ4v) is 2.84. The maximum Gasteiger partial charge on any atom is 0.162 e. The highest BCUT2D eigenvalue weighted by Crippen LogP contribution is 2.31. The van der Waals surface area contributed by atoms with E-state index in [0.717, 1.165) is 19.3 Å². The Bertz CT molecular complexity index is 334. The van der Waals surface area contributed by atoms with Gasteiger partial charge in [-0.15, -0.1) is 0 Å². The van der Waals surface area contributed by atoms with Crippen LogP contribution in [0.3, 0.4) is 0 Å². The van der Waals surface area contributed by atoms with Crippen LogP contribution in [0.2, 0.25) is 0 Å². The van der Waals surface area contributed by atoms with E-state index in [1.54, 1.807) is 7.11 Å². The molecular weight excluding hydrogens is 236 g/mol. The summed E-state index contributed by atoms with van der Waals surface area (Å²) in [6.07, 6.45) is 10.3. The Hall–Kier alpha value is -0.890. The minimum absolute atomic E-state index is 0.150. The topological polar surface area (TPSA) is 26.3 Å². The predicted molar refractivity (Wildman–Crippen MR) is 80.2 cm³/mol. The second-order valence-corrected chi connectivity index (χ2v) is 5.54. The lowest BCUT2D eigenvalue weighted by molar-refractivity contribution is -0.130. The molecule has 0 aromatic carbocycles. The van der Waals surface area contributed by atoms with Crippen molar-refractivity contribution < 1.29 is 9.53 Å². The van der Waals surface area contributed by atoms with Crippen molar-refractivity contribution in [2.45, 2.75) is 65.4 Å². The van der Waals surface area contributed by atoms with Gasteiger partial charge in [-0.05, 0) is 26.7 Å². The van der Waals surface area contributed by atoms with E-state index in [-0.39, 0.29) is 17.8 Å². The summed E-state index contributed by atoms with van der Waals surface area (Å²) >= 11 is 0. The van der Waals surface area contributed by atoms with E-state index < -0.39 is 0 Å². The van der Waals surface area contributed by atoms with Gasteiger partial charge in [-0.3, -0.25) is 4.79 Å². The third kappa shape index (κ3) is 4.61. The highest BCUT2D eigenvalue weighted by Gasteiger charge is 2.30. The quantitative estimate of drug-likeness (QED) is 0.478. The Balaban J connectivity index is 2.61. The van der Waals surface area contributed by atoms with Gasteiger partial charge in [-0.1, -0.05) is 49.5 Å². The second kappa shape index (κ2) is 8.31. The Morgan fingerprint density at radius 2 is 1.89 bits per heavy atom. The zero-order chi connectivity index (χ0) is 14.3. The molecule has 0 N–H and O–H groups in total. The molecule has 0 aliphatic heterocycles. The summed E-state index contributed by atoms with van der Waals surface area (Å²) in [4.78, 5) is 12.3. The Morgan fingerprint density at radius 1 is 1.26 bits per heavy atom. The number of allylic oxidation sites excluding steroid dienone is 2. The molecule has 0 saturated heterocycles. The van der Waals surface area contributed by atoms with E-state index in [4.69, 9.17) is 4.74 Å². The van der Waals surface area contributed by atoms with Crippen LogP contribution in [0.25, 0.3) is 0 Å². The molecule has 108 valence electrons. The number of hydrogen-bond donors (Lipinski definition) is 0. The number of methoxy groups -OCH3 is 1. The van der Waals surface area contributed by atoms with Crippen LogP contribution >= 0.6 is 0 Å². The first-order valence-electron chi connectivity index (χ1n) is 7.50. The molecule has 1 unspecified atom stereocenters. The van der Waals surface area contributed by atoms with Crippen LogP contribution in [0.1, 0.15) is 59.3 Å². The minimum Gasteiger partial charge on any atom is -0.373 e. The largest absolute Gasteiger partial charge is 0.373 e. The highest BCUT2D eigenvalue weighted by molar-refractivity contribution is 5.84. The molecule has 0 heterocycles. The van der Waals surface area contributed by atoms with Crippen LogP contribution in [-0.2, 0) is 9.53 Å². The SMILES string of the molecule is CCCCCCC(=O)C(OC)C1C(C)=CCC=C1C. The average molecular weight is 264 g/mol. The van der Waals surface area contributed by atoms with Crippen molar-refractivity contribution in [2.24, 2.45) is 5.92 Å². The number of rotatable bonds is 8. The molecular formula is C17H28O2. The Kier molecular flexibility index (Phi) is 7.07. The first-order valence-corrected chi connectivity index (χ1v) is 7.50. The Labute approximate surface area is 117 Å². The number of ether oxygens (including phenoxy) is 1. The van der Waals surface area contributed by atoms with Gasteiger partial charge in [0, 0.05) is 19.4 Å². The van der Waals surface area contributed by atoms with Crippen molar-refractivity contribution in [1.29, 1.82) is 0 Å². The lowest BCUT2D eigenvalue weighted by Gasteiger charge is -2.29. The first-order chi connectivity index (χ1) is 9.11. The van der Waals surface area contributed by atoms with Gasteiger partial charge < -0.3 is 4.74 Å². The zero-order valence-electron chi connectivity index (χ0n) is 12.9. The van der Waals surface area contributed by atoms with E-state index >= 15 is 0 Å². The molecule has 2 nitrogen and oxygen atoms in total. The number of hydrogen-bond acceptors (Lipinski definition) is 2. The number of carbonyl (C=O) groups excluding carboxylic acids is 1. The van der Waals surface area contributed by atoms with Gasteiger partial charge in [0.15, 0.2) is 5.78 Å². The van der Waals surface area contributed by atoms with Crippen molar-refractivity contribution in [3.8, 4) is 0 Å². The van der Waals surface area contributed by atoms with Crippen LogP contribution < -0.4 is 0 Å². The average Bonchev–Trinajstić information content (AvgIpc) is 2.39. The first kappa shape index (κ1) is 16.2. The molecule has 0 spiro atoms. The van der Waals surface area contributed by atoms with Crippen LogP contribution in [0.4, 0.5) is 0 Å². The lowest BCUT2D eigenvalue weighted by Crippen LogP contribution is -2.34.